The lowest BCUT2D eigenvalue weighted by atomic mass is 10.3. The third-order valence-corrected chi connectivity index (χ3v) is 1.35. The van der Waals surface area contributed by atoms with Crippen LogP contribution in [0.1, 0.15) is 13.8 Å². The summed E-state index contributed by atoms with van der Waals surface area (Å²) in [6.45, 7) is 3.43. The summed E-state index contributed by atoms with van der Waals surface area (Å²) in [5.74, 6) is 0.946. The molecule has 0 heterocycles. The molecular formula is C7H13NOS. The fourth-order valence-electron chi connectivity index (χ4n) is 0.542. The van der Waals surface area contributed by atoms with Crippen molar-refractivity contribution < 1.29 is 4.79 Å². The van der Waals surface area contributed by atoms with E-state index in [2.05, 4.69) is 5.32 Å². The zero-order chi connectivity index (χ0) is 7.98. The van der Waals surface area contributed by atoms with Crippen LogP contribution in [-0.2, 0) is 4.79 Å². The molecule has 3 heteroatoms. The van der Waals surface area contributed by atoms with Crippen molar-refractivity contribution in [3.63, 3.8) is 0 Å². The van der Waals surface area contributed by atoms with Gasteiger partial charge in [0.05, 0.1) is 5.88 Å². The first-order valence-corrected chi connectivity index (χ1v) is 4.48. The van der Waals surface area contributed by atoms with Gasteiger partial charge in [0, 0.05) is 5.70 Å². The minimum absolute atomic E-state index is 0.0890. The lowest BCUT2D eigenvalue weighted by Gasteiger charge is -2.01. The Kier molecular flexibility index (Phi) is 5.12. The van der Waals surface area contributed by atoms with Crippen LogP contribution in [0.5, 0.6) is 0 Å². The molecule has 0 aliphatic heterocycles. The van der Waals surface area contributed by atoms with Crippen molar-refractivity contribution in [3.8, 4) is 0 Å². The molecule has 0 amide bonds. The maximum absolute atomic E-state index is 10.5. The third-order valence-electron chi connectivity index (χ3n) is 0.915. The van der Waals surface area contributed by atoms with Crippen LogP contribution in [-0.4, -0.2) is 17.9 Å². The molecule has 0 atom stereocenters. The number of thioether (sulfide) groups is 1. The zero-order valence-corrected chi connectivity index (χ0v) is 7.42. The van der Waals surface area contributed by atoms with E-state index in [4.69, 9.17) is 0 Å². The van der Waals surface area contributed by atoms with Crippen LogP contribution in [0, 0.1) is 0 Å². The van der Waals surface area contributed by atoms with E-state index in [0.717, 1.165) is 11.6 Å². The van der Waals surface area contributed by atoms with E-state index in [-0.39, 0.29) is 5.78 Å². The normalized spacial score (nSPS) is 11.3. The number of ketones is 1. The van der Waals surface area contributed by atoms with Gasteiger partial charge in [-0.1, -0.05) is 0 Å². The van der Waals surface area contributed by atoms with E-state index in [1.165, 1.54) is 0 Å². The van der Waals surface area contributed by atoms with Gasteiger partial charge in [0.2, 0.25) is 0 Å². The molecule has 10 heavy (non-hydrogen) atoms. The second-order valence-electron chi connectivity index (χ2n) is 2.05. The predicted molar refractivity (Wildman–Crippen MR) is 46.0 cm³/mol. The maximum atomic E-state index is 10.5. The molecular weight excluding hydrogens is 146 g/mol. The monoisotopic (exact) mass is 159 g/mol. The third kappa shape index (κ3) is 5.69. The van der Waals surface area contributed by atoms with Crippen molar-refractivity contribution >= 4 is 17.5 Å². The average molecular weight is 159 g/mol. The largest absolute Gasteiger partial charge is 0.379 e. The highest BCUT2D eigenvalue weighted by molar-refractivity contribution is 7.98. The van der Waals surface area contributed by atoms with Crippen LogP contribution < -0.4 is 5.32 Å². The lowest BCUT2D eigenvalue weighted by molar-refractivity contribution is -0.112. The highest BCUT2D eigenvalue weighted by atomic mass is 32.2. The van der Waals surface area contributed by atoms with Crippen molar-refractivity contribution in [1.82, 2.24) is 5.32 Å². The Morgan fingerprint density at radius 1 is 1.60 bits per heavy atom. The Balaban J connectivity index is 3.60. The standard InChI is InChI=1S/C7H13NOS/c1-6(4-7(2)9)8-5-10-3/h4,8H,5H2,1-3H3. The van der Waals surface area contributed by atoms with Gasteiger partial charge in [-0.05, 0) is 26.2 Å². The summed E-state index contributed by atoms with van der Waals surface area (Å²) < 4.78 is 0. The summed E-state index contributed by atoms with van der Waals surface area (Å²) >= 11 is 1.69. The van der Waals surface area contributed by atoms with Gasteiger partial charge in [0.25, 0.3) is 0 Å². The van der Waals surface area contributed by atoms with Gasteiger partial charge >= 0.3 is 0 Å². The number of carbonyl (C=O) groups is 1. The van der Waals surface area contributed by atoms with Crippen LogP contribution in [0.3, 0.4) is 0 Å². The highest BCUT2D eigenvalue weighted by Gasteiger charge is 1.88. The van der Waals surface area contributed by atoms with Gasteiger partial charge in [0.15, 0.2) is 5.78 Å². The van der Waals surface area contributed by atoms with E-state index >= 15 is 0 Å². The summed E-state index contributed by atoms with van der Waals surface area (Å²) in [4.78, 5) is 10.5. The van der Waals surface area contributed by atoms with Crippen molar-refractivity contribution in [3.05, 3.63) is 11.8 Å². The molecule has 0 unspecified atom stereocenters. The quantitative estimate of drug-likeness (QED) is 0.496. The summed E-state index contributed by atoms with van der Waals surface area (Å²) in [5.41, 5.74) is 0.932. The van der Waals surface area contributed by atoms with E-state index < -0.39 is 0 Å². The second-order valence-corrected chi connectivity index (χ2v) is 2.91. The molecule has 0 saturated carbocycles. The van der Waals surface area contributed by atoms with Gasteiger partial charge in [-0.3, -0.25) is 4.79 Å². The number of allylic oxidation sites excluding steroid dienone is 2. The molecule has 0 spiro atoms. The maximum Gasteiger partial charge on any atom is 0.154 e. The van der Waals surface area contributed by atoms with Crippen molar-refractivity contribution in [1.29, 1.82) is 0 Å². The summed E-state index contributed by atoms with van der Waals surface area (Å²) in [7, 11) is 0. The molecule has 0 saturated heterocycles. The molecule has 0 aliphatic carbocycles. The average Bonchev–Trinajstić information content (AvgIpc) is 1.82. The topological polar surface area (TPSA) is 29.1 Å². The van der Waals surface area contributed by atoms with Crippen LogP contribution in [0.25, 0.3) is 0 Å². The molecule has 2 nitrogen and oxygen atoms in total. The van der Waals surface area contributed by atoms with Gasteiger partial charge in [-0.25, -0.2) is 0 Å². The first kappa shape index (κ1) is 9.56. The molecule has 0 aromatic heterocycles. The fourth-order valence-corrected chi connectivity index (χ4v) is 0.914. The Morgan fingerprint density at radius 3 is 2.60 bits per heavy atom. The Labute approximate surface area is 66.1 Å². The summed E-state index contributed by atoms with van der Waals surface area (Å²) in [6.07, 6.45) is 3.60. The van der Waals surface area contributed by atoms with E-state index in [1.54, 1.807) is 24.8 Å². The summed E-state index contributed by atoms with van der Waals surface area (Å²) in [6, 6.07) is 0. The SMILES string of the molecule is CSCNC(C)=CC(C)=O. The smallest absolute Gasteiger partial charge is 0.154 e. The minimum atomic E-state index is 0.0890. The Hall–Kier alpha value is -0.440. The van der Waals surface area contributed by atoms with Crippen molar-refractivity contribution in [2.45, 2.75) is 13.8 Å². The fraction of sp³-hybridized carbons (Fsp3) is 0.571. The summed E-state index contributed by atoms with van der Waals surface area (Å²) in [5, 5.41) is 3.07. The number of hydrogen-bond acceptors (Lipinski definition) is 3. The van der Waals surface area contributed by atoms with Crippen molar-refractivity contribution in [2.24, 2.45) is 0 Å². The van der Waals surface area contributed by atoms with Crippen LogP contribution >= 0.6 is 11.8 Å². The predicted octanol–water partition coefficient (Wildman–Crippen LogP) is 1.39. The van der Waals surface area contributed by atoms with E-state index in [1.807, 2.05) is 13.2 Å². The van der Waals surface area contributed by atoms with Gasteiger partial charge < -0.3 is 5.32 Å². The second kappa shape index (κ2) is 5.35. The first-order chi connectivity index (χ1) is 4.66. The van der Waals surface area contributed by atoms with Crippen LogP contribution in [0.4, 0.5) is 0 Å². The number of carbonyl (C=O) groups excluding carboxylic acids is 1. The highest BCUT2D eigenvalue weighted by Crippen LogP contribution is 1.91. The molecule has 1 N–H and O–H groups in total. The van der Waals surface area contributed by atoms with Crippen molar-refractivity contribution in [2.75, 3.05) is 12.1 Å². The molecule has 0 aromatic rings. The Morgan fingerprint density at radius 2 is 2.20 bits per heavy atom. The van der Waals surface area contributed by atoms with Gasteiger partial charge in [-0.15, -0.1) is 11.8 Å². The molecule has 0 aliphatic rings. The number of hydrogen-bond donors (Lipinski definition) is 1. The lowest BCUT2D eigenvalue weighted by Crippen LogP contribution is -2.10. The zero-order valence-electron chi connectivity index (χ0n) is 6.60. The minimum Gasteiger partial charge on any atom is -0.379 e. The Bertz CT molecular complexity index is 143. The molecule has 0 fully saturated rings. The van der Waals surface area contributed by atoms with Gasteiger partial charge in [0.1, 0.15) is 0 Å². The molecule has 58 valence electrons. The number of nitrogens with one attached hydrogen (secondary N) is 1. The molecule has 0 aromatic carbocycles. The van der Waals surface area contributed by atoms with Crippen LogP contribution in [0.2, 0.25) is 0 Å². The molecule has 0 radical (unpaired) electrons. The van der Waals surface area contributed by atoms with Crippen LogP contribution in [0.15, 0.2) is 11.8 Å². The molecule has 0 rings (SSSR count). The van der Waals surface area contributed by atoms with Gasteiger partial charge in [-0.2, -0.15) is 0 Å². The van der Waals surface area contributed by atoms with E-state index in [9.17, 15) is 4.79 Å². The molecule has 0 bridgehead atoms. The first-order valence-electron chi connectivity index (χ1n) is 3.08. The number of rotatable bonds is 4. The van der Waals surface area contributed by atoms with E-state index in [0.29, 0.717) is 0 Å².